The van der Waals surface area contributed by atoms with Crippen molar-refractivity contribution in [2.45, 2.75) is 39.0 Å². The molecule has 0 bridgehead atoms. The van der Waals surface area contributed by atoms with Gasteiger partial charge in [0.15, 0.2) is 0 Å². The summed E-state index contributed by atoms with van der Waals surface area (Å²) in [5.74, 6) is 0. The molecule has 0 saturated carbocycles. The number of rotatable bonds is 8. The first kappa shape index (κ1) is 13.2. The largest absolute Gasteiger partial charge is 0.317 e. The molecule has 0 aliphatic rings. The van der Waals surface area contributed by atoms with E-state index in [9.17, 15) is 0 Å². The molecule has 86 valence electrons. The van der Waals surface area contributed by atoms with Crippen LogP contribution in [0.3, 0.4) is 0 Å². The molecule has 1 nitrogen and oxygen atoms in total. The lowest BCUT2D eigenvalue weighted by Crippen LogP contribution is -2.13. The number of hydrogen-bond donors (Lipinski definition) is 1. The maximum atomic E-state index is 3.49. The summed E-state index contributed by atoms with van der Waals surface area (Å²) in [7, 11) is 0. The molecule has 1 heterocycles. The van der Waals surface area contributed by atoms with Gasteiger partial charge in [-0.05, 0) is 60.4 Å². The summed E-state index contributed by atoms with van der Waals surface area (Å²) in [5, 5.41) is 3.36. The summed E-state index contributed by atoms with van der Waals surface area (Å²) in [6.07, 6.45) is 6.62. The number of hydrogen-bond acceptors (Lipinski definition) is 2. The standard InChI is InChI=1S/C12H20BrNS/c1-2-14-10-6-4-3-5-7-11-8-9-12(13)15-11/h8-9,14H,2-7,10H2,1H3. The van der Waals surface area contributed by atoms with E-state index < -0.39 is 0 Å². The third kappa shape index (κ3) is 6.33. The predicted octanol–water partition coefficient (Wildman–Crippen LogP) is 4.22. The number of halogens is 1. The Morgan fingerprint density at radius 3 is 2.67 bits per heavy atom. The Kier molecular flexibility index (Phi) is 7.32. The molecule has 0 amide bonds. The van der Waals surface area contributed by atoms with Crippen LogP contribution in [0.4, 0.5) is 0 Å². The van der Waals surface area contributed by atoms with Crippen molar-refractivity contribution in [2.75, 3.05) is 13.1 Å². The van der Waals surface area contributed by atoms with Crippen LogP contribution in [0.5, 0.6) is 0 Å². The van der Waals surface area contributed by atoms with E-state index in [0.29, 0.717) is 0 Å². The van der Waals surface area contributed by atoms with Crippen LogP contribution in [0.2, 0.25) is 0 Å². The van der Waals surface area contributed by atoms with E-state index in [2.05, 4.69) is 40.3 Å². The molecular weight excluding hydrogens is 270 g/mol. The molecule has 0 radical (unpaired) electrons. The van der Waals surface area contributed by atoms with Crippen molar-refractivity contribution >= 4 is 27.3 Å². The van der Waals surface area contributed by atoms with E-state index in [4.69, 9.17) is 0 Å². The molecule has 0 unspecified atom stereocenters. The first-order valence-corrected chi connectivity index (χ1v) is 7.39. The second-order valence-electron chi connectivity index (χ2n) is 3.72. The van der Waals surface area contributed by atoms with Crippen LogP contribution in [-0.4, -0.2) is 13.1 Å². The summed E-state index contributed by atoms with van der Waals surface area (Å²) >= 11 is 5.36. The van der Waals surface area contributed by atoms with Gasteiger partial charge in [0.05, 0.1) is 3.79 Å². The summed E-state index contributed by atoms with van der Waals surface area (Å²) in [6.45, 7) is 4.44. The average Bonchev–Trinajstić information content (AvgIpc) is 2.63. The fraction of sp³-hybridized carbons (Fsp3) is 0.667. The van der Waals surface area contributed by atoms with Crippen molar-refractivity contribution in [1.29, 1.82) is 0 Å². The van der Waals surface area contributed by atoms with E-state index in [1.807, 2.05) is 11.3 Å². The first-order valence-electron chi connectivity index (χ1n) is 5.78. The molecule has 0 fully saturated rings. The quantitative estimate of drug-likeness (QED) is 0.707. The highest BCUT2D eigenvalue weighted by atomic mass is 79.9. The zero-order valence-electron chi connectivity index (χ0n) is 9.39. The van der Waals surface area contributed by atoms with Gasteiger partial charge < -0.3 is 5.32 Å². The molecule has 0 aliphatic heterocycles. The monoisotopic (exact) mass is 289 g/mol. The third-order valence-corrected chi connectivity index (χ3v) is 4.09. The fourth-order valence-corrected chi connectivity index (χ4v) is 3.09. The molecule has 1 N–H and O–H groups in total. The molecule has 0 spiro atoms. The maximum absolute atomic E-state index is 3.49. The van der Waals surface area contributed by atoms with Crippen molar-refractivity contribution < 1.29 is 0 Å². The van der Waals surface area contributed by atoms with E-state index >= 15 is 0 Å². The SMILES string of the molecule is CCNCCCCCCc1ccc(Br)s1. The number of nitrogens with one attached hydrogen (secondary N) is 1. The van der Waals surface area contributed by atoms with E-state index in [1.165, 1.54) is 47.3 Å². The minimum atomic E-state index is 1.10. The molecule has 1 aromatic rings. The molecule has 3 heteroatoms. The lowest BCUT2D eigenvalue weighted by Gasteiger charge is -2.01. The second kappa shape index (κ2) is 8.31. The van der Waals surface area contributed by atoms with Gasteiger partial charge in [-0.25, -0.2) is 0 Å². The van der Waals surface area contributed by atoms with Crippen LogP contribution in [0.1, 0.15) is 37.5 Å². The highest BCUT2D eigenvalue weighted by Gasteiger charge is 1.97. The number of unbranched alkanes of at least 4 members (excludes halogenated alkanes) is 3. The molecule has 0 aliphatic carbocycles. The van der Waals surface area contributed by atoms with Gasteiger partial charge in [-0.2, -0.15) is 0 Å². The predicted molar refractivity (Wildman–Crippen MR) is 72.7 cm³/mol. The zero-order valence-corrected chi connectivity index (χ0v) is 11.8. The smallest absolute Gasteiger partial charge is 0.0701 e. The summed E-state index contributed by atoms with van der Waals surface area (Å²) in [4.78, 5) is 1.51. The Hall–Kier alpha value is 0.140. The topological polar surface area (TPSA) is 12.0 Å². The fourth-order valence-electron chi connectivity index (χ4n) is 1.57. The van der Waals surface area contributed by atoms with E-state index in [-0.39, 0.29) is 0 Å². The second-order valence-corrected chi connectivity index (χ2v) is 6.27. The molecule has 0 saturated heterocycles. The van der Waals surface area contributed by atoms with Gasteiger partial charge in [-0.3, -0.25) is 0 Å². The summed E-state index contributed by atoms with van der Waals surface area (Å²) in [6, 6.07) is 4.37. The molecule has 1 aromatic heterocycles. The maximum Gasteiger partial charge on any atom is 0.0701 e. The molecular formula is C12H20BrNS. The van der Waals surface area contributed by atoms with Gasteiger partial charge in [-0.15, -0.1) is 11.3 Å². The Bertz CT molecular complexity index is 260. The Morgan fingerprint density at radius 1 is 1.20 bits per heavy atom. The summed E-state index contributed by atoms with van der Waals surface area (Å²) in [5.41, 5.74) is 0. The van der Waals surface area contributed by atoms with Gasteiger partial charge in [0, 0.05) is 4.88 Å². The molecule has 1 rings (SSSR count). The van der Waals surface area contributed by atoms with Crippen molar-refractivity contribution in [3.63, 3.8) is 0 Å². The zero-order chi connectivity index (χ0) is 10.9. The van der Waals surface area contributed by atoms with Gasteiger partial charge >= 0.3 is 0 Å². The van der Waals surface area contributed by atoms with Crippen molar-refractivity contribution in [3.8, 4) is 0 Å². The Labute approximate surface area is 105 Å². The Morgan fingerprint density at radius 2 is 2.00 bits per heavy atom. The number of aryl methyl sites for hydroxylation is 1. The Balaban J connectivity index is 1.93. The number of thiophene rings is 1. The van der Waals surface area contributed by atoms with E-state index in [0.717, 1.165) is 6.54 Å². The van der Waals surface area contributed by atoms with Crippen LogP contribution in [0.25, 0.3) is 0 Å². The van der Waals surface area contributed by atoms with Crippen LogP contribution in [0.15, 0.2) is 15.9 Å². The summed E-state index contributed by atoms with van der Waals surface area (Å²) < 4.78 is 1.25. The first-order chi connectivity index (χ1) is 7.33. The van der Waals surface area contributed by atoms with E-state index in [1.54, 1.807) is 0 Å². The molecule has 0 aromatic carbocycles. The highest BCUT2D eigenvalue weighted by Crippen LogP contribution is 2.23. The van der Waals surface area contributed by atoms with Crippen molar-refractivity contribution in [1.82, 2.24) is 5.32 Å². The van der Waals surface area contributed by atoms with Crippen LogP contribution in [0, 0.1) is 0 Å². The van der Waals surface area contributed by atoms with Crippen LogP contribution in [-0.2, 0) is 6.42 Å². The lowest BCUT2D eigenvalue weighted by molar-refractivity contribution is 0.599. The normalized spacial score (nSPS) is 10.8. The van der Waals surface area contributed by atoms with Gasteiger partial charge in [-0.1, -0.05) is 19.8 Å². The lowest BCUT2D eigenvalue weighted by atomic mass is 10.1. The highest BCUT2D eigenvalue weighted by molar-refractivity contribution is 9.11. The molecule has 15 heavy (non-hydrogen) atoms. The van der Waals surface area contributed by atoms with Crippen molar-refractivity contribution in [3.05, 3.63) is 20.8 Å². The van der Waals surface area contributed by atoms with Gasteiger partial charge in [0.1, 0.15) is 0 Å². The van der Waals surface area contributed by atoms with Crippen LogP contribution < -0.4 is 5.32 Å². The van der Waals surface area contributed by atoms with Gasteiger partial charge in [0.25, 0.3) is 0 Å². The molecule has 0 atom stereocenters. The minimum Gasteiger partial charge on any atom is -0.317 e. The van der Waals surface area contributed by atoms with Crippen LogP contribution >= 0.6 is 27.3 Å². The third-order valence-electron chi connectivity index (χ3n) is 2.41. The van der Waals surface area contributed by atoms with Crippen molar-refractivity contribution in [2.24, 2.45) is 0 Å². The van der Waals surface area contributed by atoms with Gasteiger partial charge in [0.2, 0.25) is 0 Å². The minimum absolute atomic E-state index is 1.10. The average molecular weight is 290 g/mol.